The highest BCUT2D eigenvalue weighted by Crippen LogP contribution is 2.23. The molecule has 0 fully saturated rings. The summed E-state index contributed by atoms with van der Waals surface area (Å²) in [5.74, 6) is 0.857. The molecule has 0 radical (unpaired) electrons. The zero-order valence-electron chi connectivity index (χ0n) is 14.1. The van der Waals surface area contributed by atoms with Crippen LogP contribution < -0.4 is 4.74 Å². The fraction of sp³-hybridized carbons (Fsp3) is 0.350. The van der Waals surface area contributed by atoms with Gasteiger partial charge in [-0.05, 0) is 61.1 Å². The highest BCUT2D eigenvalue weighted by Gasteiger charge is 2.20. The van der Waals surface area contributed by atoms with E-state index in [0.29, 0.717) is 6.54 Å². The summed E-state index contributed by atoms with van der Waals surface area (Å²) in [6, 6.07) is 12.5. The number of fused-ring (bicyclic) bond motifs is 1. The first-order valence-electron chi connectivity index (χ1n) is 8.10. The van der Waals surface area contributed by atoms with Gasteiger partial charge in [-0.3, -0.25) is 4.79 Å². The summed E-state index contributed by atoms with van der Waals surface area (Å²) in [6.07, 6.45) is 0.921. The number of hydrogen-bond donors (Lipinski definition) is 0. The number of aryl methyl sites for hydroxylation is 3. The molecule has 2 aromatic carbocycles. The lowest BCUT2D eigenvalue weighted by Gasteiger charge is -2.29. The summed E-state index contributed by atoms with van der Waals surface area (Å²) in [5.41, 5.74) is 6.10. The molecule has 3 nitrogen and oxygen atoms in total. The van der Waals surface area contributed by atoms with Crippen LogP contribution in [0.5, 0.6) is 5.75 Å². The Morgan fingerprint density at radius 1 is 1.04 bits per heavy atom. The molecule has 1 aliphatic heterocycles. The second-order valence-corrected chi connectivity index (χ2v) is 6.32. The van der Waals surface area contributed by atoms with Crippen molar-refractivity contribution in [3.8, 4) is 5.75 Å². The molecule has 0 bridgehead atoms. The zero-order valence-corrected chi connectivity index (χ0v) is 14.1. The van der Waals surface area contributed by atoms with Crippen molar-refractivity contribution in [3.63, 3.8) is 0 Å². The molecule has 0 saturated carbocycles. The minimum Gasteiger partial charge on any atom is -0.483 e. The quantitative estimate of drug-likeness (QED) is 0.867. The van der Waals surface area contributed by atoms with Crippen LogP contribution in [0.15, 0.2) is 36.4 Å². The molecule has 3 rings (SSSR count). The summed E-state index contributed by atoms with van der Waals surface area (Å²) >= 11 is 0. The molecule has 0 aliphatic carbocycles. The van der Waals surface area contributed by atoms with Gasteiger partial charge in [-0.15, -0.1) is 0 Å². The predicted octanol–water partition coefficient (Wildman–Crippen LogP) is 3.58. The van der Waals surface area contributed by atoms with Crippen LogP contribution in [0.2, 0.25) is 0 Å². The number of carbonyl (C=O) groups is 1. The van der Waals surface area contributed by atoms with Crippen molar-refractivity contribution in [1.82, 2.24) is 4.90 Å². The monoisotopic (exact) mass is 309 g/mol. The number of rotatable bonds is 3. The highest BCUT2D eigenvalue weighted by molar-refractivity contribution is 5.78. The normalized spacial score (nSPS) is 13.6. The van der Waals surface area contributed by atoms with E-state index >= 15 is 0 Å². The highest BCUT2D eigenvalue weighted by atomic mass is 16.5. The van der Waals surface area contributed by atoms with Crippen molar-refractivity contribution in [2.45, 2.75) is 33.7 Å². The van der Waals surface area contributed by atoms with Crippen LogP contribution in [0, 0.1) is 20.8 Å². The van der Waals surface area contributed by atoms with E-state index in [0.717, 1.165) is 24.3 Å². The van der Waals surface area contributed by atoms with Crippen LogP contribution in [0.3, 0.4) is 0 Å². The number of ether oxygens (including phenoxy) is 1. The second-order valence-electron chi connectivity index (χ2n) is 6.32. The summed E-state index contributed by atoms with van der Waals surface area (Å²) < 4.78 is 5.78. The van der Waals surface area contributed by atoms with Gasteiger partial charge in [0, 0.05) is 13.1 Å². The predicted molar refractivity (Wildman–Crippen MR) is 91.7 cm³/mol. The molecule has 0 N–H and O–H groups in total. The molecular formula is C20H23NO2. The van der Waals surface area contributed by atoms with Crippen LogP contribution in [-0.2, 0) is 17.8 Å². The van der Waals surface area contributed by atoms with Crippen molar-refractivity contribution in [3.05, 3.63) is 64.2 Å². The van der Waals surface area contributed by atoms with Gasteiger partial charge in [0.25, 0.3) is 5.91 Å². The first-order valence-corrected chi connectivity index (χ1v) is 8.10. The van der Waals surface area contributed by atoms with E-state index in [4.69, 9.17) is 4.74 Å². The SMILES string of the molecule is Cc1cc(C)c(OCC(=O)N2CCc3ccccc3C2)cc1C. The van der Waals surface area contributed by atoms with Gasteiger partial charge in [-0.25, -0.2) is 0 Å². The Morgan fingerprint density at radius 2 is 1.74 bits per heavy atom. The third-order valence-corrected chi connectivity index (χ3v) is 4.63. The summed E-state index contributed by atoms with van der Waals surface area (Å²) in [5, 5.41) is 0. The Kier molecular flexibility index (Phi) is 4.37. The molecule has 120 valence electrons. The third kappa shape index (κ3) is 3.39. The molecule has 0 atom stereocenters. The minimum atomic E-state index is 0.0529. The second kappa shape index (κ2) is 6.45. The van der Waals surface area contributed by atoms with E-state index < -0.39 is 0 Å². The van der Waals surface area contributed by atoms with E-state index in [1.54, 1.807) is 0 Å². The minimum absolute atomic E-state index is 0.0529. The molecule has 1 aliphatic rings. The summed E-state index contributed by atoms with van der Waals surface area (Å²) in [7, 11) is 0. The molecule has 3 heteroatoms. The van der Waals surface area contributed by atoms with E-state index in [-0.39, 0.29) is 12.5 Å². The topological polar surface area (TPSA) is 29.5 Å². The van der Waals surface area contributed by atoms with Gasteiger partial charge in [-0.1, -0.05) is 30.3 Å². The molecule has 2 aromatic rings. The first-order chi connectivity index (χ1) is 11.0. The van der Waals surface area contributed by atoms with Gasteiger partial charge in [0.05, 0.1) is 0 Å². The van der Waals surface area contributed by atoms with Gasteiger partial charge < -0.3 is 9.64 Å². The van der Waals surface area contributed by atoms with Gasteiger partial charge in [0.15, 0.2) is 6.61 Å². The lowest BCUT2D eigenvalue weighted by atomic mass is 10.00. The molecule has 0 aromatic heterocycles. The van der Waals surface area contributed by atoms with E-state index in [1.165, 1.54) is 22.3 Å². The van der Waals surface area contributed by atoms with Crippen LogP contribution in [0.25, 0.3) is 0 Å². The first kappa shape index (κ1) is 15.6. The largest absolute Gasteiger partial charge is 0.483 e. The third-order valence-electron chi connectivity index (χ3n) is 4.63. The van der Waals surface area contributed by atoms with Crippen molar-refractivity contribution in [2.75, 3.05) is 13.2 Å². The zero-order chi connectivity index (χ0) is 16.4. The molecule has 1 amide bonds. The maximum absolute atomic E-state index is 12.4. The van der Waals surface area contributed by atoms with E-state index in [2.05, 4.69) is 38.1 Å². The standard InChI is InChI=1S/C20H23NO2/c1-14-10-16(3)19(11-15(14)2)23-13-20(22)21-9-8-17-6-4-5-7-18(17)12-21/h4-7,10-11H,8-9,12-13H2,1-3H3. The summed E-state index contributed by atoms with van der Waals surface area (Å²) in [6.45, 7) is 7.72. The van der Waals surface area contributed by atoms with Crippen molar-refractivity contribution in [2.24, 2.45) is 0 Å². The maximum Gasteiger partial charge on any atom is 0.260 e. The van der Waals surface area contributed by atoms with Crippen molar-refractivity contribution >= 4 is 5.91 Å². The Morgan fingerprint density at radius 3 is 2.52 bits per heavy atom. The Bertz CT molecular complexity index is 736. The van der Waals surface area contributed by atoms with Crippen LogP contribution in [0.4, 0.5) is 0 Å². The smallest absolute Gasteiger partial charge is 0.260 e. The Hall–Kier alpha value is -2.29. The molecule has 0 unspecified atom stereocenters. The van der Waals surface area contributed by atoms with E-state index in [9.17, 15) is 4.79 Å². The molecule has 0 spiro atoms. The molecule has 1 heterocycles. The lowest BCUT2D eigenvalue weighted by molar-refractivity contribution is -0.134. The van der Waals surface area contributed by atoms with E-state index in [1.807, 2.05) is 24.0 Å². The number of amides is 1. The van der Waals surface area contributed by atoms with Crippen molar-refractivity contribution in [1.29, 1.82) is 0 Å². The number of carbonyl (C=O) groups excluding carboxylic acids is 1. The summed E-state index contributed by atoms with van der Waals surface area (Å²) in [4.78, 5) is 14.3. The lowest BCUT2D eigenvalue weighted by Crippen LogP contribution is -2.38. The number of nitrogens with zero attached hydrogens (tertiary/aromatic N) is 1. The van der Waals surface area contributed by atoms with Gasteiger partial charge in [-0.2, -0.15) is 0 Å². The average molecular weight is 309 g/mol. The number of benzene rings is 2. The van der Waals surface area contributed by atoms with Crippen LogP contribution in [-0.4, -0.2) is 24.0 Å². The van der Waals surface area contributed by atoms with Crippen LogP contribution in [0.1, 0.15) is 27.8 Å². The van der Waals surface area contributed by atoms with Gasteiger partial charge >= 0.3 is 0 Å². The fourth-order valence-electron chi connectivity index (χ4n) is 3.03. The van der Waals surface area contributed by atoms with Crippen molar-refractivity contribution < 1.29 is 9.53 Å². The molecule has 0 saturated heterocycles. The van der Waals surface area contributed by atoms with Gasteiger partial charge in [0.2, 0.25) is 0 Å². The van der Waals surface area contributed by atoms with Gasteiger partial charge in [0.1, 0.15) is 5.75 Å². The Balaban J connectivity index is 1.64. The maximum atomic E-state index is 12.4. The molecule has 23 heavy (non-hydrogen) atoms. The average Bonchev–Trinajstić information content (AvgIpc) is 2.56. The fourth-order valence-corrected chi connectivity index (χ4v) is 3.03. The Labute approximate surface area is 137 Å². The number of hydrogen-bond acceptors (Lipinski definition) is 2. The van der Waals surface area contributed by atoms with Crippen LogP contribution >= 0.6 is 0 Å². The molecular weight excluding hydrogens is 286 g/mol.